The van der Waals surface area contributed by atoms with E-state index in [0.717, 1.165) is 12.8 Å². The van der Waals surface area contributed by atoms with Crippen molar-refractivity contribution in [1.29, 1.82) is 0 Å². The third-order valence-electron chi connectivity index (χ3n) is 3.80. The summed E-state index contributed by atoms with van der Waals surface area (Å²) in [6.07, 6.45) is 17.2. The minimum absolute atomic E-state index is 0.0941. The second-order valence-corrected chi connectivity index (χ2v) is 7.00. The largest absolute Gasteiger partial charge is 0.275 e. The first kappa shape index (κ1) is 21.1. The van der Waals surface area contributed by atoms with Gasteiger partial charge in [-0.1, -0.05) is 90.4 Å². The molecule has 0 spiro atoms. The molecule has 0 aliphatic carbocycles. The Morgan fingerprint density at radius 1 is 0.571 bits per heavy atom. The molecule has 0 saturated heterocycles. The molecule has 130 valence electrons. The van der Waals surface area contributed by atoms with Gasteiger partial charge in [0.05, 0.1) is 0 Å². The highest BCUT2D eigenvalue weighted by molar-refractivity contribution is 8.19. The fraction of sp³-hybridized carbons (Fsp3) is 1.00. The van der Waals surface area contributed by atoms with Crippen LogP contribution in [0.3, 0.4) is 0 Å². The van der Waals surface area contributed by atoms with Crippen LogP contribution in [0.5, 0.6) is 0 Å². The lowest BCUT2D eigenvalue weighted by molar-refractivity contribution is 0.532. The van der Waals surface area contributed by atoms with Gasteiger partial charge in [0.25, 0.3) is 11.4 Å². The van der Waals surface area contributed by atoms with Gasteiger partial charge in [-0.15, -0.1) is 11.7 Å². The van der Waals surface area contributed by atoms with Crippen LogP contribution in [0.15, 0.2) is 0 Å². The maximum atomic E-state index is 11.9. The van der Waals surface area contributed by atoms with E-state index in [1.807, 2.05) is 0 Å². The average Bonchev–Trinajstić information content (AvgIpc) is 2.42. The van der Waals surface area contributed by atoms with Crippen molar-refractivity contribution in [2.24, 2.45) is 0 Å². The number of unbranched alkanes of at least 4 members (excludes halogenated alkanes) is 13. The fourth-order valence-corrected chi connectivity index (χ4v) is 2.88. The lowest BCUT2D eigenvalue weighted by Gasteiger charge is -2.10. The zero-order valence-corrected chi connectivity index (χ0v) is 14.5. The highest BCUT2D eigenvalue weighted by Crippen LogP contribution is 2.48. The van der Waals surface area contributed by atoms with Crippen LogP contribution in [0, 0.1) is 0 Å². The molecule has 5 heteroatoms. The summed E-state index contributed by atoms with van der Waals surface area (Å²) in [7, 11) is 0. The van der Waals surface area contributed by atoms with Crippen LogP contribution in [-0.2, 0) is 0 Å². The van der Waals surface area contributed by atoms with Gasteiger partial charge in [0.1, 0.15) is 0 Å². The highest BCUT2D eigenvalue weighted by atomic mass is 32.3. The van der Waals surface area contributed by atoms with E-state index in [2.05, 4.69) is 6.92 Å². The molecule has 0 atom stereocenters. The molecule has 0 rings (SSSR count). The molecular weight excluding hydrogens is 295 g/mol. The predicted octanol–water partition coefficient (Wildman–Crippen LogP) is 7.43. The first-order valence-corrected chi connectivity index (χ1v) is 10.1. The van der Waals surface area contributed by atoms with Crippen molar-refractivity contribution >= 4 is 11.4 Å². The maximum absolute atomic E-state index is 11.9. The molecule has 0 aromatic heterocycles. The Balaban J connectivity index is 3.00. The van der Waals surface area contributed by atoms with E-state index in [4.69, 9.17) is 0 Å². The molecule has 1 N–H and O–H groups in total. The summed E-state index contributed by atoms with van der Waals surface area (Å²) in [5.74, 6) is 0. The minimum Gasteiger partial charge on any atom is -0.206 e. The topological polar surface area (TPSA) is 12.0 Å². The first-order chi connectivity index (χ1) is 10.1. The summed E-state index contributed by atoms with van der Waals surface area (Å²) in [6.45, 7) is 2.34. The maximum Gasteiger partial charge on any atom is 0.275 e. The molecule has 0 aromatic rings. The number of nitrogens with one attached hydrogen (secondary N) is 1. The average molecular weight is 330 g/mol. The van der Waals surface area contributed by atoms with Crippen molar-refractivity contribution in [3.05, 3.63) is 0 Å². The Bertz CT molecular complexity index is 210. The van der Waals surface area contributed by atoms with Gasteiger partial charge in [-0.3, -0.25) is 0 Å². The molecule has 0 radical (unpaired) electrons. The van der Waals surface area contributed by atoms with Gasteiger partial charge in [0.2, 0.25) is 0 Å². The van der Waals surface area contributed by atoms with Crippen LogP contribution in [0.1, 0.15) is 96.8 Å². The first-order valence-electron chi connectivity index (χ1n) is 8.73. The minimum atomic E-state index is -4.99. The number of halogens is 3. The van der Waals surface area contributed by atoms with E-state index in [-0.39, 0.29) is 6.54 Å². The number of hydrogen-bond donors (Lipinski definition) is 1. The van der Waals surface area contributed by atoms with Gasteiger partial charge in [-0.25, -0.2) is 4.72 Å². The molecule has 1 nitrogen and oxygen atoms in total. The van der Waals surface area contributed by atoms with Crippen LogP contribution in [-0.4, -0.2) is 6.54 Å². The van der Waals surface area contributed by atoms with Gasteiger partial charge in [0, 0.05) is 6.54 Å². The number of hydrogen-bond acceptors (Lipinski definition) is 1. The molecule has 0 unspecified atom stereocenters. The Labute approximate surface area is 131 Å². The predicted molar refractivity (Wildman–Crippen MR) is 89.2 cm³/mol. The lowest BCUT2D eigenvalue weighted by Crippen LogP contribution is -2.11. The molecule has 0 heterocycles. The second kappa shape index (κ2) is 15.0. The van der Waals surface area contributed by atoms with Crippen LogP contribution in [0.2, 0.25) is 0 Å². The zero-order valence-electron chi connectivity index (χ0n) is 13.6. The molecule has 0 amide bonds. The molecule has 0 aliphatic heterocycles. The van der Waals surface area contributed by atoms with Gasteiger partial charge in [-0.2, -0.15) is 0 Å². The molecule has 0 saturated carbocycles. The quantitative estimate of drug-likeness (QED) is 0.290. The van der Waals surface area contributed by atoms with Crippen molar-refractivity contribution in [3.63, 3.8) is 0 Å². The summed E-state index contributed by atoms with van der Waals surface area (Å²) in [4.78, 5) is 0. The molecule has 0 aromatic carbocycles. The van der Waals surface area contributed by atoms with Crippen LogP contribution in [0.4, 0.5) is 11.7 Å². The van der Waals surface area contributed by atoms with Crippen molar-refractivity contribution < 1.29 is 11.7 Å². The monoisotopic (exact) mass is 329 g/mol. The summed E-state index contributed by atoms with van der Waals surface area (Å²) in [5, 5.41) is 0. The Hall–Kier alpha value is 0.100. The standard InChI is InChI=1S/C16H34F3NS/c1-2-3-4-5-6-7-8-9-10-11-12-13-14-15-16-20-21(17,18)19/h20H,2-16H2,1H3. The lowest BCUT2D eigenvalue weighted by atomic mass is 10.0. The van der Waals surface area contributed by atoms with E-state index >= 15 is 0 Å². The SMILES string of the molecule is CCCCCCCCCCCCCCCCNS(F)(F)F. The normalized spacial score (nSPS) is 12.8. The van der Waals surface area contributed by atoms with Crippen LogP contribution < -0.4 is 4.72 Å². The number of rotatable bonds is 16. The van der Waals surface area contributed by atoms with Gasteiger partial charge in [-0.05, 0) is 6.42 Å². The van der Waals surface area contributed by atoms with E-state index in [1.54, 1.807) is 4.72 Å². The van der Waals surface area contributed by atoms with Gasteiger partial charge in [0.15, 0.2) is 0 Å². The summed E-state index contributed by atoms with van der Waals surface area (Å²) in [6, 6.07) is 0. The van der Waals surface area contributed by atoms with Crippen LogP contribution in [0.25, 0.3) is 0 Å². The fourth-order valence-electron chi connectivity index (χ4n) is 2.51. The van der Waals surface area contributed by atoms with Crippen molar-refractivity contribution in [2.45, 2.75) is 96.8 Å². The Morgan fingerprint density at radius 2 is 0.905 bits per heavy atom. The molecule has 0 fully saturated rings. The third-order valence-corrected chi connectivity index (χ3v) is 4.33. The third kappa shape index (κ3) is 20.1. The smallest absolute Gasteiger partial charge is 0.206 e. The molecule has 21 heavy (non-hydrogen) atoms. The molecule has 0 aliphatic rings. The van der Waals surface area contributed by atoms with Gasteiger partial charge >= 0.3 is 0 Å². The van der Waals surface area contributed by atoms with Crippen LogP contribution >= 0.6 is 11.4 Å². The summed E-state index contributed by atoms with van der Waals surface area (Å²) < 4.78 is 37.3. The zero-order chi connectivity index (χ0) is 15.8. The summed E-state index contributed by atoms with van der Waals surface area (Å²) in [5.41, 5.74) is 0. The molecular formula is C16H34F3NS. The van der Waals surface area contributed by atoms with E-state index in [0.29, 0.717) is 6.42 Å². The van der Waals surface area contributed by atoms with E-state index in [1.165, 1.54) is 70.6 Å². The van der Waals surface area contributed by atoms with Crippen molar-refractivity contribution in [3.8, 4) is 0 Å². The summed E-state index contributed by atoms with van der Waals surface area (Å²) >= 11 is -4.99. The Morgan fingerprint density at radius 3 is 1.24 bits per heavy atom. The van der Waals surface area contributed by atoms with E-state index < -0.39 is 11.4 Å². The molecule has 0 bridgehead atoms. The highest BCUT2D eigenvalue weighted by Gasteiger charge is 2.18. The van der Waals surface area contributed by atoms with Crippen molar-refractivity contribution in [2.75, 3.05) is 6.54 Å². The second-order valence-electron chi connectivity index (χ2n) is 5.90. The van der Waals surface area contributed by atoms with Crippen molar-refractivity contribution in [1.82, 2.24) is 4.72 Å². The van der Waals surface area contributed by atoms with Gasteiger partial charge < -0.3 is 0 Å². The Kier molecular flexibility index (Phi) is 15.1. The van der Waals surface area contributed by atoms with E-state index in [9.17, 15) is 11.7 Å².